The summed E-state index contributed by atoms with van der Waals surface area (Å²) in [6.07, 6.45) is 3.53. The Balaban J connectivity index is 2.02. The van der Waals surface area contributed by atoms with Gasteiger partial charge < -0.3 is 4.74 Å². The lowest BCUT2D eigenvalue weighted by atomic mass is 10.00. The van der Waals surface area contributed by atoms with Gasteiger partial charge in [-0.15, -0.1) is 11.3 Å². The topological polar surface area (TPSA) is 9.23 Å². The Morgan fingerprint density at radius 1 is 1.31 bits per heavy atom. The highest BCUT2D eigenvalue weighted by atomic mass is 32.1. The zero-order valence-electron chi connectivity index (χ0n) is 9.11. The Morgan fingerprint density at radius 2 is 2.19 bits per heavy atom. The van der Waals surface area contributed by atoms with Crippen molar-refractivity contribution in [2.24, 2.45) is 0 Å². The Hall–Kier alpha value is -1.28. The van der Waals surface area contributed by atoms with Crippen LogP contribution in [-0.2, 0) is 4.74 Å². The number of ether oxygens (including phenoxy) is 1. The highest BCUT2D eigenvalue weighted by Gasteiger charge is 2.21. The molecule has 2 aromatic rings. The molecule has 0 amide bonds. The van der Waals surface area contributed by atoms with E-state index in [0.29, 0.717) is 0 Å². The van der Waals surface area contributed by atoms with Gasteiger partial charge in [-0.3, -0.25) is 0 Å². The molecule has 1 unspecified atom stereocenters. The van der Waals surface area contributed by atoms with Crippen LogP contribution < -0.4 is 0 Å². The van der Waals surface area contributed by atoms with Crippen molar-refractivity contribution in [3.63, 3.8) is 0 Å². The van der Waals surface area contributed by atoms with E-state index in [1.807, 2.05) is 0 Å². The summed E-state index contributed by atoms with van der Waals surface area (Å²) in [6.45, 7) is 3.94. The smallest absolute Gasteiger partial charge is 0.125 e. The molecule has 82 valence electrons. The first-order chi connectivity index (χ1) is 7.84. The standard InChI is InChI=1S/C14H14OS/c1-10-5-4-7-13(15-10)12-9-16-14-8-3-2-6-11(12)14/h2-3,6,8-9,13H,1,4-5,7H2. The Bertz CT molecular complexity index is 526. The van der Waals surface area contributed by atoms with E-state index in [9.17, 15) is 0 Å². The van der Waals surface area contributed by atoms with Crippen molar-refractivity contribution >= 4 is 21.4 Å². The van der Waals surface area contributed by atoms with Gasteiger partial charge in [0.25, 0.3) is 0 Å². The van der Waals surface area contributed by atoms with Gasteiger partial charge >= 0.3 is 0 Å². The van der Waals surface area contributed by atoms with Crippen LogP contribution in [0.3, 0.4) is 0 Å². The first-order valence-electron chi connectivity index (χ1n) is 5.65. The number of allylic oxidation sites excluding steroid dienone is 1. The van der Waals surface area contributed by atoms with Crippen molar-refractivity contribution in [3.05, 3.63) is 47.5 Å². The second-order valence-electron chi connectivity index (χ2n) is 4.22. The minimum atomic E-state index is 0.220. The van der Waals surface area contributed by atoms with Crippen LogP contribution in [0.5, 0.6) is 0 Å². The lowest BCUT2D eigenvalue weighted by Crippen LogP contribution is -2.08. The van der Waals surface area contributed by atoms with E-state index in [1.54, 1.807) is 11.3 Å². The molecule has 1 saturated heterocycles. The van der Waals surface area contributed by atoms with Crippen LogP contribution in [-0.4, -0.2) is 0 Å². The number of fused-ring (bicyclic) bond motifs is 1. The van der Waals surface area contributed by atoms with Crippen LogP contribution in [0.1, 0.15) is 30.9 Å². The fourth-order valence-electron chi connectivity index (χ4n) is 2.27. The van der Waals surface area contributed by atoms with Gasteiger partial charge in [-0.1, -0.05) is 24.8 Å². The summed E-state index contributed by atoms with van der Waals surface area (Å²) in [5.41, 5.74) is 1.33. The van der Waals surface area contributed by atoms with Crippen LogP contribution in [0.25, 0.3) is 10.1 Å². The summed E-state index contributed by atoms with van der Waals surface area (Å²) >= 11 is 1.80. The Kier molecular flexibility index (Phi) is 2.44. The summed E-state index contributed by atoms with van der Waals surface area (Å²) in [4.78, 5) is 0. The van der Waals surface area contributed by atoms with Crippen molar-refractivity contribution in [3.8, 4) is 0 Å². The third-order valence-electron chi connectivity index (χ3n) is 3.09. The highest BCUT2D eigenvalue weighted by molar-refractivity contribution is 7.17. The molecule has 2 heterocycles. The molecule has 1 nitrogen and oxygen atoms in total. The third-order valence-corrected chi connectivity index (χ3v) is 4.07. The van der Waals surface area contributed by atoms with Crippen LogP contribution in [0.2, 0.25) is 0 Å². The van der Waals surface area contributed by atoms with E-state index < -0.39 is 0 Å². The lowest BCUT2D eigenvalue weighted by Gasteiger charge is -2.25. The van der Waals surface area contributed by atoms with Gasteiger partial charge in [0.2, 0.25) is 0 Å². The fraction of sp³-hybridized carbons (Fsp3) is 0.286. The zero-order chi connectivity index (χ0) is 11.0. The molecular formula is C14H14OS. The van der Waals surface area contributed by atoms with Gasteiger partial charge in [-0.05, 0) is 29.7 Å². The summed E-state index contributed by atoms with van der Waals surface area (Å²) in [6, 6.07) is 8.53. The second-order valence-corrected chi connectivity index (χ2v) is 5.14. The molecule has 1 aromatic carbocycles. The molecule has 3 rings (SSSR count). The number of benzene rings is 1. The maximum atomic E-state index is 5.85. The van der Waals surface area contributed by atoms with Gasteiger partial charge in [-0.25, -0.2) is 0 Å². The second kappa shape index (κ2) is 3.95. The molecule has 1 aliphatic heterocycles. The minimum absolute atomic E-state index is 0.220. The van der Waals surface area contributed by atoms with Gasteiger partial charge in [0.1, 0.15) is 6.10 Å². The number of rotatable bonds is 1. The fourth-order valence-corrected chi connectivity index (χ4v) is 3.27. The largest absolute Gasteiger partial charge is 0.491 e. The number of hydrogen-bond acceptors (Lipinski definition) is 2. The molecule has 0 bridgehead atoms. The quantitative estimate of drug-likeness (QED) is 0.692. The van der Waals surface area contributed by atoms with Crippen molar-refractivity contribution in [2.45, 2.75) is 25.4 Å². The third kappa shape index (κ3) is 1.63. The molecule has 1 fully saturated rings. The van der Waals surface area contributed by atoms with E-state index in [4.69, 9.17) is 4.74 Å². The predicted octanol–water partition coefficient (Wildman–Crippen LogP) is 4.66. The number of thiophene rings is 1. The Labute approximate surface area is 99.4 Å². The highest BCUT2D eigenvalue weighted by Crippen LogP contribution is 2.38. The SMILES string of the molecule is C=C1CCCC(c2csc3ccccc23)O1. The van der Waals surface area contributed by atoms with Gasteiger partial charge in [0.05, 0.1) is 5.76 Å². The summed E-state index contributed by atoms with van der Waals surface area (Å²) in [5, 5.41) is 3.57. The molecule has 0 radical (unpaired) electrons. The molecular weight excluding hydrogens is 216 g/mol. The molecule has 0 saturated carbocycles. The molecule has 1 aliphatic rings. The molecule has 0 N–H and O–H groups in total. The average molecular weight is 230 g/mol. The molecule has 1 atom stereocenters. The zero-order valence-corrected chi connectivity index (χ0v) is 9.93. The van der Waals surface area contributed by atoms with E-state index in [-0.39, 0.29) is 6.10 Å². The molecule has 16 heavy (non-hydrogen) atoms. The minimum Gasteiger partial charge on any atom is -0.491 e. The maximum Gasteiger partial charge on any atom is 0.125 e. The van der Waals surface area contributed by atoms with E-state index in [1.165, 1.54) is 22.1 Å². The molecule has 0 spiro atoms. The van der Waals surface area contributed by atoms with Crippen LogP contribution >= 0.6 is 11.3 Å². The van der Waals surface area contributed by atoms with Crippen LogP contribution in [0.4, 0.5) is 0 Å². The van der Waals surface area contributed by atoms with Gasteiger partial charge in [0.15, 0.2) is 0 Å². The summed E-state index contributed by atoms with van der Waals surface area (Å²) in [5.74, 6) is 0.937. The normalized spacial score (nSPS) is 21.0. The average Bonchev–Trinajstić information content (AvgIpc) is 2.72. The van der Waals surface area contributed by atoms with E-state index in [0.717, 1.165) is 18.6 Å². The molecule has 0 aliphatic carbocycles. The van der Waals surface area contributed by atoms with Gasteiger partial charge in [0, 0.05) is 16.7 Å². The van der Waals surface area contributed by atoms with Crippen molar-refractivity contribution < 1.29 is 4.74 Å². The van der Waals surface area contributed by atoms with Crippen molar-refractivity contribution in [1.29, 1.82) is 0 Å². The van der Waals surface area contributed by atoms with Crippen molar-refractivity contribution in [1.82, 2.24) is 0 Å². The molecule has 1 aromatic heterocycles. The predicted molar refractivity (Wildman–Crippen MR) is 68.6 cm³/mol. The van der Waals surface area contributed by atoms with Crippen molar-refractivity contribution in [2.75, 3.05) is 0 Å². The molecule has 2 heteroatoms. The summed E-state index contributed by atoms with van der Waals surface area (Å²) < 4.78 is 7.20. The first-order valence-corrected chi connectivity index (χ1v) is 6.53. The first kappa shape index (κ1) is 9.91. The monoisotopic (exact) mass is 230 g/mol. The van der Waals surface area contributed by atoms with Crippen LogP contribution in [0, 0.1) is 0 Å². The maximum absolute atomic E-state index is 5.85. The number of hydrogen-bond donors (Lipinski definition) is 0. The van der Waals surface area contributed by atoms with Gasteiger partial charge in [-0.2, -0.15) is 0 Å². The lowest BCUT2D eigenvalue weighted by molar-refractivity contribution is 0.0758. The van der Waals surface area contributed by atoms with E-state index >= 15 is 0 Å². The van der Waals surface area contributed by atoms with E-state index in [2.05, 4.69) is 36.2 Å². The Morgan fingerprint density at radius 3 is 3.06 bits per heavy atom. The van der Waals surface area contributed by atoms with Crippen LogP contribution in [0.15, 0.2) is 42.0 Å². The summed E-state index contributed by atoms with van der Waals surface area (Å²) in [7, 11) is 0.